The lowest BCUT2D eigenvalue weighted by molar-refractivity contribution is -0.133. The minimum atomic E-state index is -0.630. The Morgan fingerprint density at radius 3 is 2.67 bits per heavy atom. The molecule has 0 radical (unpaired) electrons. The number of rotatable bonds is 6. The van der Waals surface area contributed by atoms with Gasteiger partial charge in [-0.25, -0.2) is 0 Å². The zero-order valence-corrected chi connectivity index (χ0v) is 11.1. The van der Waals surface area contributed by atoms with E-state index in [9.17, 15) is 4.79 Å². The summed E-state index contributed by atoms with van der Waals surface area (Å²) in [5, 5.41) is 0. The van der Waals surface area contributed by atoms with Gasteiger partial charge in [0.25, 0.3) is 0 Å². The number of ether oxygens (including phenoxy) is 2. The van der Waals surface area contributed by atoms with E-state index < -0.39 is 6.04 Å². The van der Waals surface area contributed by atoms with Gasteiger partial charge in [-0.05, 0) is 6.07 Å². The van der Waals surface area contributed by atoms with Crippen LogP contribution in [-0.4, -0.2) is 44.7 Å². The number of para-hydroxylation sites is 1. The Kier molecular flexibility index (Phi) is 5.61. The van der Waals surface area contributed by atoms with Crippen LogP contribution >= 0.6 is 0 Å². The molecule has 0 aromatic heterocycles. The highest BCUT2D eigenvalue weighted by molar-refractivity contribution is 5.81. The molecular weight excluding hydrogens is 232 g/mol. The van der Waals surface area contributed by atoms with E-state index >= 15 is 0 Å². The molecule has 1 unspecified atom stereocenters. The number of hydrogen-bond acceptors (Lipinski definition) is 4. The Morgan fingerprint density at radius 2 is 2.06 bits per heavy atom. The molecule has 0 fully saturated rings. The first-order chi connectivity index (χ1) is 8.60. The first kappa shape index (κ1) is 14.5. The van der Waals surface area contributed by atoms with Gasteiger partial charge in [0.2, 0.25) is 5.91 Å². The number of nitrogens with zero attached hydrogens (tertiary/aromatic N) is 1. The summed E-state index contributed by atoms with van der Waals surface area (Å²) in [6.45, 7) is 0.676. The third-order valence-corrected chi connectivity index (χ3v) is 2.64. The maximum Gasteiger partial charge on any atom is 0.241 e. The molecule has 0 heterocycles. The van der Waals surface area contributed by atoms with Crippen LogP contribution in [0.4, 0.5) is 0 Å². The second-order valence-electron chi connectivity index (χ2n) is 4.07. The Morgan fingerprint density at radius 1 is 1.39 bits per heavy atom. The zero-order valence-electron chi connectivity index (χ0n) is 11.1. The number of hydrogen-bond donors (Lipinski definition) is 1. The summed E-state index contributed by atoms with van der Waals surface area (Å²) in [7, 11) is 4.84. The maximum absolute atomic E-state index is 11.9. The molecule has 1 atom stereocenters. The average Bonchev–Trinajstić information content (AvgIpc) is 2.38. The summed E-state index contributed by atoms with van der Waals surface area (Å²) >= 11 is 0. The average molecular weight is 252 g/mol. The van der Waals surface area contributed by atoms with Crippen LogP contribution < -0.4 is 10.5 Å². The molecule has 1 aromatic carbocycles. The van der Waals surface area contributed by atoms with Gasteiger partial charge < -0.3 is 20.1 Å². The van der Waals surface area contributed by atoms with Gasteiger partial charge in [-0.2, -0.15) is 0 Å². The van der Waals surface area contributed by atoms with Crippen molar-refractivity contribution in [3.05, 3.63) is 29.8 Å². The van der Waals surface area contributed by atoms with Gasteiger partial charge in [0.05, 0.1) is 13.7 Å². The molecule has 0 saturated heterocycles. The number of nitrogens with two attached hydrogens (primary N) is 1. The first-order valence-electron chi connectivity index (χ1n) is 5.71. The van der Waals surface area contributed by atoms with Crippen molar-refractivity contribution in [3.8, 4) is 5.75 Å². The second kappa shape index (κ2) is 6.98. The highest BCUT2D eigenvalue weighted by Crippen LogP contribution is 2.18. The Balaban J connectivity index is 2.69. The summed E-state index contributed by atoms with van der Waals surface area (Å²) in [5.74, 6) is 0.611. The van der Waals surface area contributed by atoms with Crippen LogP contribution in [0.15, 0.2) is 24.3 Å². The number of carbonyl (C=O) groups is 1. The Labute approximate surface area is 107 Å². The largest absolute Gasteiger partial charge is 0.496 e. The highest BCUT2D eigenvalue weighted by atomic mass is 16.5. The van der Waals surface area contributed by atoms with Crippen molar-refractivity contribution in [2.75, 3.05) is 27.9 Å². The fourth-order valence-corrected chi connectivity index (χ4v) is 1.70. The van der Waals surface area contributed by atoms with Crippen molar-refractivity contribution < 1.29 is 14.3 Å². The predicted octanol–water partition coefficient (Wildman–Crippen LogP) is 0.627. The van der Waals surface area contributed by atoms with Gasteiger partial charge in [-0.15, -0.1) is 0 Å². The lowest BCUT2D eigenvalue weighted by atomic mass is 10.2. The summed E-state index contributed by atoms with van der Waals surface area (Å²) in [4.78, 5) is 13.5. The van der Waals surface area contributed by atoms with Gasteiger partial charge in [0.15, 0.2) is 0 Å². The van der Waals surface area contributed by atoms with Gasteiger partial charge in [-0.1, -0.05) is 18.2 Å². The highest BCUT2D eigenvalue weighted by Gasteiger charge is 2.18. The van der Waals surface area contributed by atoms with E-state index in [0.29, 0.717) is 6.54 Å². The quantitative estimate of drug-likeness (QED) is 0.806. The molecule has 1 aromatic rings. The number of likely N-dealkylation sites (N-methyl/N-ethyl adjacent to an activating group) is 1. The fourth-order valence-electron chi connectivity index (χ4n) is 1.70. The first-order valence-corrected chi connectivity index (χ1v) is 5.71. The lowest BCUT2D eigenvalue weighted by Crippen LogP contribution is -2.44. The molecule has 1 amide bonds. The molecule has 0 aliphatic heterocycles. The molecule has 5 heteroatoms. The summed E-state index contributed by atoms with van der Waals surface area (Å²) in [6, 6.07) is 6.95. The van der Waals surface area contributed by atoms with Crippen molar-refractivity contribution in [1.29, 1.82) is 0 Å². The predicted molar refractivity (Wildman–Crippen MR) is 69.3 cm³/mol. The van der Waals surface area contributed by atoms with Crippen molar-refractivity contribution in [3.63, 3.8) is 0 Å². The van der Waals surface area contributed by atoms with E-state index in [0.717, 1.165) is 11.3 Å². The molecule has 100 valence electrons. The van der Waals surface area contributed by atoms with E-state index in [1.165, 1.54) is 7.11 Å². The number of benzene rings is 1. The van der Waals surface area contributed by atoms with Crippen LogP contribution in [0, 0.1) is 0 Å². The molecule has 1 rings (SSSR count). The van der Waals surface area contributed by atoms with Crippen molar-refractivity contribution in [1.82, 2.24) is 4.90 Å². The van der Waals surface area contributed by atoms with E-state index in [-0.39, 0.29) is 12.5 Å². The van der Waals surface area contributed by atoms with E-state index in [2.05, 4.69) is 0 Å². The summed E-state index contributed by atoms with van der Waals surface area (Å²) < 4.78 is 10.1. The van der Waals surface area contributed by atoms with Crippen molar-refractivity contribution in [2.45, 2.75) is 12.6 Å². The Hall–Kier alpha value is -1.59. The molecule has 2 N–H and O–H groups in total. The fraction of sp³-hybridized carbons (Fsp3) is 0.462. The molecule has 0 spiro atoms. The van der Waals surface area contributed by atoms with E-state index in [4.69, 9.17) is 15.2 Å². The van der Waals surface area contributed by atoms with Crippen LogP contribution in [-0.2, 0) is 16.1 Å². The van der Waals surface area contributed by atoms with Gasteiger partial charge in [-0.3, -0.25) is 4.79 Å². The monoisotopic (exact) mass is 252 g/mol. The van der Waals surface area contributed by atoms with Crippen LogP contribution in [0.5, 0.6) is 5.75 Å². The number of methoxy groups -OCH3 is 2. The Bertz CT molecular complexity index is 396. The second-order valence-corrected chi connectivity index (χ2v) is 4.07. The lowest BCUT2D eigenvalue weighted by Gasteiger charge is -2.21. The van der Waals surface area contributed by atoms with Crippen LogP contribution in [0.2, 0.25) is 0 Å². The molecule has 0 bridgehead atoms. The number of amides is 1. The third-order valence-electron chi connectivity index (χ3n) is 2.64. The standard InChI is InChI=1S/C13H20N2O3/c1-15(13(16)11(14)9-17-2)8-10-6-4-5-7-12(10)18-3/h4-7,11H,8-9,14H2,1-3H3. The molecule has 18 heavy (non-hydrogen) atoms. The topological polar surface area (TPSA) is 64.8 Å². The van der Waals surface area contributed by atoms with Crippen molar-refractivity contribution in [2.24, 2.45) is 5.73 Å². The van der Waals surface area contributed by atoms with Gasteiger partial charge >= 0.3 is 0 Å². The van der Waals surface area contributed by atoms with Crippen LogP contribution in [0.25, 0.3) is 0 Å². The van der Waals surface area contributed by atoms with Gasteiger partial charge in [0.1, 0.15) is 11.8 Å². The minimum Gasteiger partial charge on any atom is -0.496 e. The van der Waals surface area contributed by atoms with Gasteiger partial charge in [0, 0.05) is 26.3 Å². The molecular formula is C13H20N2O3. The SMILES string of the molecule is COCC(N)C(=O)N(C)Cc1ccccc1OC. The molecule has 5 nitrogen and oxygen atoms in total. The summed E-state index contributed by atoms with van der Waals surface area (Å²) in [5.41, 5.74) is 6.65. The summed E-state index contributed by atoms with van der Waals surface area (Å²) in [6.07, 6.45) is 0. The zero-order chi connectivity index (χ0) is 13.5. The van der Waals surface area contributed by atoms with Crippen LogP contribution in [0.1, 0.15) is 5.56 Å². The molecule has 0 aliphatic rings. The van der Waals surface area contributed by atoms with E-state index in [1.807, 2.05) is 24.3 Å². The normalized spacial score (nSPS) is 12.0. The maximum atomic E-state index is 11.9. The minimum absolute atomic E-state index is 0.150. The smallest absolute Gasteiger partial charge is 0.241 e. The molecule has 0 aliphatic carbocycles. The third kappa shape index (κ3) is 3.72. The van der Waals surface area contributed by atoms with Crippen molar-refractivity contribution >= 4 is 5.91 Å². The number of carbonyl (C=O) groups excluding carboxylic acids is 1. The molecule has 0 saturated carbocycles. The van der Waals surface area contributed by atoms with E-state index in [1.54, 1.807) is 19.1 Å². The van der Waals surface area contributed by atoms with Crippen LogP contribution in [0.3, 0.4) is 0 Å².